The molecule has 2 aromatic rings. The maximum atomic E-state index is 12.0. The van der Waals surface area contributed by atoms with Crippen LogP contribution in [0.5, 0.6) is 5.75 Å². The minimum atomic E-state index is -0.741. The molecule has 2 aromatic carbocycles. The second-order valence-corrected chi connectivity index (χ2v) is 5.64. The van der Waals surface area contributed by atoms with E-state index in [2.05, 4.69) is 17.2 Å². The standard InChI is InChI=1S/C20H24N2O3/c1-3-12-25-19-11-7-5-9-16(19)13-21-20(24)22-14-18(23)17-10-6-4-8-15(17)2/h3-11,18,23H,1,12-14H2,2H3,(H2,21,22,24). The maximum Gasteiger partial charge on any atom is 0.315 e. The molecule has 0 bridgehead atoms. The van der Waals surface area contributed by atoms with Crippen molar-refractivity contribution in [3.63, 3.8) is 0 Å². The van der Waals surface area contributed by atoms with Gasteiger partial charge in [-0.15, -0.1) is 0 Å². The fraction of sp³-hybridized carbons (Fsp3) is 0.250. The van der Waals surface area contributed by atoms with Gasteiger partial charge in [-0.2, -0.15) is 0 Å². The Hall–Kier alpha value is -2.79. The normalized spacial score (nSPS) is 11.4. The van der Waals surface area contributed by atoms with Crippen molar-refractivity contribution >= 4 is 6.03 Å². The molecule has 0 saturated heterocycles. The van der Waals surface area contributed by atoms with Crippen LogP contribution in [-0.2, 0) is 6.54 Å². The second kappa shape index (κ2) is 9.49. The number of ether oxygens (including phenoxy) is 1. The van der Waals surface area contributed by atoms with Crippen LogP contribution in [-0.4, -0.2) is 24.3 Å². The van der Waals surface area contributed by atoms with E-state index in [0.717, 1.165) is 16.7 Å². The summed E-state index contributed by atoms with van der Waals surface area (Å²) in [6.07, 6.45) is 0.930. The van der Waals surface area contributed by atoms with Crippen LogP contribution in [0.1, 0.15) is 22.8 Å². The van der Waals surface area contributed by atoms with Gasteiger partial charge in [0.05, 0.1) is 6.10 Å². The minimum absolute atomic E-state index is 0.144. The first-order valence-electron chi connectivity index (χ1n) is 8.18. The van der Waals surface area contributed by atoms with Crippen molar-refractivity contribution in [2.24, 2.45) is 0 Å². The molecule has 0 saturated carbocycles. The van der Waals surface area contributed by atoms with Crippen LogP contribution < -0.4 is 15.4 Å². The van der Waals surface area contributed by atoms with Crippen LogP contribution in [0.15, 0.2) is 61.2 Å². The zero-order valence-corrected chi connectivity index (χ0v) is 14.4. The Bertz CT molecular complexity index is 716. The van der Waals surface area contributed by atoms with Gasteiger partial charge < -0.3 is 20.5 Å². The van der Waals surface area contributed by atoms with Gasteiger partial charge >= 0.3 is 6.03 Å². The van der Waals surface area contributed by atoms with E-state index in [1.165, 1.54) is 0 Å². The number of rotatable bonds is 8. The summed E-state index contributed by atoms with van der Waals surface area (Å²) in [6, 6.07) is 14.7. The smallest absolute Gasteiger partial charge is 0.315 e. The van der Waals surface area contributed by atoms with Crippen molar-refractivity contribution < 1.29 is 14.6 Å². The molecule has 0 heterocycles. The van der Waals surface area contributed by atoms with Crippen molar-refractivity contribution in [2.45, 2.75) is 19.6 Å². The topological polar surface area (TPSA) is 70.6 Å². The average Bonchev–Trinajstić information content (AvgIpc) is 2.63. The highest BCUT2D eigenvalue weighted by molar-refractivity contribution is 5.74. The number of hydrogen-bond acceptors (Lipinski definition) is 3. The van der Waals surface area contributed by atoms with Crippen molar-refractivity contribution in [3.8, 4) is 5.75 Å². The monoisotopic (exact) mass is 340 g/mol. The van der Waals surface area contributed by atoms with E-state index in [4.69, 9.17) is 4.74 Å². The molecule has 0 aliphatic rings. The average molecular weight is 340 g/mol. The number of aryl methyl sites for hydroxylation is 1. The van der Waals surface area contributed by atoms with E-state index in [-0.39, 0.29) is 12.6 Å². The van der Waals surface area contributed by atoms with Gasteiger partial charge in [-0.25, -0.2) is 4.79 Å². The lowest BCUT2D eigenvalue weighted by molar-refractivity contribution is 0.172. The fourth-order valence-corrected chi connectivity index (χ4v) is 2.44. The molecule has 25 heavy (non-hydrogen) atoms. The number of aliphatic hydroxyl groups excluding tert-OH is 1. The summed E-state index contributed by atoms with van der Waals surface area (Å²) in [7, 11) is 0. The molecule has 5 heteroatoms. The van der Waals surface area contributed by atoms with Crippen molar-refractivity contribution in [2.75, 3.05) is 13.2 Å². The molecule has 0 fully saturated rings. The SMILES string of the molecule is C=CCOc1ccccc1CNC(=O)NCC(O)c1ccccc1C. The van der Waals surface area contributed by atoms with Crippen molar-refractivity contribution in [3.05, 3.63) is 77.9 Å². The highest BCUT2D eigenvalue weighted by Crippen LogP contribution is 2.18. The van der Waals surface area contributed by atoms with E-state index < -0.39 is 6.10 Å². The number of amides is 2. The molecule has 0 spiro atoms. The van der Waals surface area contributed by atoms with Gasteiger partial charge in [-0.05, 0) is 24.1 Å². The van der Waals surface area contributed by atoms with Crippen LogP contribution in [0.4, 0.5) is 4.79 Å². The van der Waals surface area contributed by atoms with Gasteiger partial charge in [0.15, 0.2) is 0 Å². The molecule has 0 radical (unpaired) electrons. The van der Waals surface area contributed by atoms with Gasteiger partial charge in [0.2, 0.25) is 0 Å². The number of carbonyl (C=O) groups excluding carboxylic acids is 1. The number of benzene rings is 2. The summed E-state index contributed by atoms with van der Waals surface area (Å²) in [4.78, 5) is 12.0. The number of para-hydroxylation sites is 1. The summed E-state index contributed by atoms with van der Waals surface area (Å²) in [5.74, 6) is 0.711. The molecular formula is C20H24N2O3. The van der Waals surface area contributed by atoms with Crippen molar-refractivity contribution in [1.29, 1.82) is 0 Å². The Morgan fingerprint density at radius 1 is 1.20 bits per heavy atom. The number of nitrogens with one attached hydrogen (secondary N) is 2. The first kappa shape index (κ1) is 18.5. The number of aliphatic hydroxyl groups is 1. The highest BCUT2D eigenvalue weighted by atomic mass is 16.5. The van der Waals surface area contributed by atoms with Crippen molar-refractivity contribution in [1.82, 2.24) is 10.6 Å². The maximum absolute atomic E-state index is 12.0. The van der Waals surface area contributed by atoms with Crippen LogP contribution in [0.2, 0.25) is 0 Å². The molecule has 2 rings (SSSR count). The molecule has 0 aliphatic carbocycles. The van der Waals surface area contributed by atoms with E-state index in [1.807, 2.05) is 55.5 Å². The first-order chi connectivity index (χ1) is 12.1. The van der Waals surface area contributed by atoms with Gasteiger partial charge in [0.1, 0.15) is 12.4 Å². The zero-order chi connectivity index (χ0) is 18.1. The molecule has 1 atom stereocenters. The Balaban J connectivity index is 1.83. The fourth-order valence-electron chi connectivity index (χ4n) is 2.44. The predicted molar refractivity (Wildman–Crippen MR) is 98.5 cm³/mol. The summed E-state index contributed by atoms with van der Waals surface area (Å²) < 4.78 is 5.56. The zero-order valence-electron chi connectivity index (χ0n) is 14.4. The van der Waals surface area contributed by atoms with Gasteiger partial charge in [0.25, 0.3) is 0 Å². The third kappa shape index (κ3) is 5.65. The number of urea groups is 1. The number of carbonyl (C=O) groups is 1. The Kier molecular flexibility index (Phi) is 7.04. The number of hydrogen-bond donors (Lipinski definition) is 3. The van der Waals surface area contributed by atoms with Crippen LogP contribution in [0.3, 0.4) is 0 Å². The lowest BCUT2D eigenvalue weighted by atomic mass is 10.0. The highest BCUT2D eigenvalue weighted by Gasteiger charge is 2.11. The Morgan fingerprint density at radius 2 is 1.92 bits per heavy atom. The summed E-state index contributed by atoms with van der Waals surface area (Å²) >= 11 is 0. The van der Waals surface area contributed by atoms with Crippen LogP contribution >= 0.6 is 0 Å². The Morgan fingerprint density at radius 3 is 2.68 bits per heavy atom. The lowest BCUT2D eigenvalue weighted by Gasteiger charge is -2.15. The van der Waals surface area contributed by atoms with E-state index in [9.17, 15) is 9.90 Å². The molecule has 1 unspecified atom stereocenters. The summed E-state index contributed by atoms with van der Waals surface area (Å²) in [5, 5.41) is 15.7. The predicted octanol–water partition coefficient (Wildman–Crippen LogP) is 3.09. The molecule has 2 amide bonds. The quantitative estimate of drug-likeness (QED) is 0.647. The summed E-state index contributed by atoms with van der Waals surface area (Å²) in [6.45, 7) is 6.44. The third-order valence-corrected chi connectivity index (χ3v) is 3.77. The van der Waals surface area contributed by atoms with E-state index in [1.54, 1.807) is 6.08 Å². The second-order valence-electron chi connectivity index (χ2n) is 5.64. The first-order valence-corrected chi connectivity index (χ1v) is 8.18. The van der Waals surface area contributed by atoms with Gasteiger partial charge in [-0.1, -0.05) is 55.1 Å². The van der Waals surface area contributed by atoms with E-state index >= 15 is 0 Å². The minimum Gasteiger partial charge on any atom is -0.489 e. The molecule has 5 nitrogen and oxygen atoms in total. The Labute approximate surface area is 148 Å². The molecule has 0 aromatic heterocycles. The molecular weight excluding hydrogens is 316 g/mol. The molecule has 3 N–H and O–H groups in total. The lowest BCUT2D eigenvalue weighted by Crippen LogP contribution is -2.37. The van der Waals surface area contributed by atoms with Crippen LogP contribution in [0.25, 0.3) is 0 Å². The van der Waals surface area contributed by atoms with Gasteiger partial charge in [0, 0.05) is 18.7 Å². The van der Waals surface area contributed by atoms with Crippen LogP contribution in [0, 0.1) is 6.92 Å². The largest absolute Gasteiger partial charge is 0.489 e. The molecule has 132 valence electrons. The van der Waals surface area contributed by atoms with E-state index in [0.29, 0.717) is 18.9 Å². The summed E-state index contributed by atoms with van der Waals surface area (Å²) in [5.41, 5.74) is 2.68. The van der Waals surface area contributed by atoms with Gasteiger partial charge in [-0.3, -0.25) is 0 Å². The third-order valence-electron chi connectivity index (χ3n) is 3.77. The molecule has 0 aliphatic heterocycles.